The number of esters is 1. The smallest absolute Gasteiger partial charge is 0.312 e. The fraction of sp³-hybridized carbons (Fsp3) is 0.818. The third kappa shape index (κ3) is 2.78. The van der Waals surface area contributed by atoms with Crippen LogP contribution in [0.4, 0.5) is 0 Å². The summed E-state index contributed by atoms with van der Waals surface area (Å²) in [5.74, 6) is -0.204. The van der Waals surface area contributed by atoms with Crippen molar-refractivity contribution in [2.75, 3.05) is 26.7 Å². The van der Waals surface area contributed by atoms with Crippen LogP contribution >= 0.6 is 0 Å². The molecule has 0 aromatic rings. The number of likely N-dealkylation sites (tertiary alicyclic amines) is 1. The van der Waals surface area contributed by atoms with Crippen LogP contribution in [0.5, 0.6) is 0 Å². The minimum Gasteiger partial charge on any atom is -0.466 e. The van der Waals surface area contributed by atoms with Crippen molar-refractivity contribution in [1.82, 2.24) is 4.90 Å². The van der Waals surface area contributed by atoms with E-state index in [0.717, 1.165) is 32.2 Å². The molecule has 1 heterocycles. The maximum absolute atomic E-state index is 11.8. The molecule has 0 aromatic carbocycles. The Kier molecular flexibility index (Phi) is 4.27. The first-order valence-electron chi connectivity index (χ1n) is 5.44. The first-order valence-corrected chi connectivity index (χ1v) is 5.44. The van der Waals surface area contributed by atoms with E-state index in [9.17, 15) is 9.59 Å². The predicted octanol–water partition coefficient (Wildman–Crippen LogP) is 0.851. The van der Waals surface area contributed by atoms with Gasteiger partial charge in [0.05, 0.1) is 12.0 Å². The molecular formula is C11H19NO3. The molecule has 1 saturated heterocycles. The van der Waals surface area contributed by atoms with Gasteiger partial charge < -0.3 is 14.4 Å². The lowest BCUT2D eigenvalue weighted by Gasteiger charge is -2.37. The van der Waals surface area contributed by atoms with Crippen LogP contribution in [0, 0.1) is 5.41 Å². The second-order valence-electron chi connectivity index (χ2n) is 4.17. The maximum Gasteiger partial charge on any atom is 0.312 e. The number of carbonyl (C=O) groups is 2. The Morgan fingerprint density at radius 2 is 2.07 bits per heavy atom. The van der Waals surface area contributed by atoms with Gasteiger partial charge in [-0.3, -0.25) is 4.79 Å². The molecule has 0 bridgehead atoms. The Hall–Kier alpha value is -0.900. The third-order valence-corrected chi connectivity index (χ3v) is 3.13. The molecule has 1 aliphatic rings. The number of hydrogen-bond acceptors (Lipinski definition) is 4. The van der Waals surface area contributed by atoms with Gasteiger partial charge in [0.1, 0.15) is 6.29 Å². The topological polar surface area (TPSA) is 46.6 Å². The van der Waals surface area contributed by atoms with Crippen LogP contribution in [0.15, 0.2) is 0 Å². The highest BCUT2D eigenvalue weighted by Gasteiger charge is 2.41. The van der Waals surface area contributed by atoms with Crippen LogP contribution in [-0.2, 0) is 14.3 Å². The molecule has 1 rings (SSSR count). The zero-order valence-corrected chi connectivity index (χ0v) is 9.49. The largest absolute Gasteiger partial charge is 0.466 e. The van der Waals surface area contributed by atoms with Crippen LogP contribution in [0.25, 0.3) is 0 Å². The minimum atomic E-state index is -0.551. The quantitative estimate of drug-likeness (QED) is 0.513. The van der Waals surface area contributed by atoms with E-state index in [2.05, 4.69) is 4.90 Å². The first-order chi connectivity index (χ1) is 7.14. The van der Waals surface area contributed by atoms with Gasteiger partial charge in [0.15, 0.2) is 0 Å². The highest BCUT2D eigenvalue weighted by molar-refractivity contribution is 5.80. The number of piperidine rings is 1. The number of ether oxygens (including phenoxy) is 1. The number of aldehydes is 1. The van der Waals surface area contributed by atoms with E-state index in [0.29, 0.717) is 13.0 Å². The van der Waals surface area contributed by atoms with Gasteiger partial charge in [0.25, 0.3) is 0 Å². The highest BCUT2D eigenvalue weighted by Crippen LogP contribution is 2.35. The Balaban J connectivity index is 2.69. The predicted molar refractivity (Wildman–Crippen MR) is 56.5 cm³/mol. The van der Waals surface area contributed by atoms with Crippen molar-refractivity contribution in [3.05, 3.63) is 0 Å². The van der Waals surface area contributed by atoms with Crippen LogP contribution in [0.2, 0.25) is 0 Å². The lowest BCUT2D eigenvalue weighted by atomic mass is 9.76. The van der Waals surface area contributed by atoms with Gasteiger partial charge in [-0.2, -0.15) is 0 Å². The van der Waals surface area contributed by atoms with Crippen molar-refractivity contribution in [3.63, 3.8) is 0 Å². The summed E-state index contributed by atoms with van der Waals surface area (Å²) in [7, 11) is 2.02. The Morgan fingerprint density at radius 3 is 2.53 bits per heavy atom. The van der Waals surface area contributed by atoms with E-state index < -0.39 is 5.41 Å². The van der Waals surface area contributed by atoms with Crippen molar-refractivity contribution in [1.29, 1.82) is 0 Å². The van der Waals surface area contributed by atoms with Crippen molar-refractivity contribution in [3.8, 4) is 0 Å². The summed E-state index contributed by atoms with van der Waals surface area (Å²) in [6.07, 6.45) is 2.57. The van der Waals surface area contributed by atoms with Crippen molar-refractivity contribution >= 4 is 12.3 Å². The van der Waals surface area contributed by atoms with Crippen molar-refractivity contribution in [2.24, 2.45) is 5.41 Å². The fourth-order valence-corrected chi connectivity index (χ4v) is 1.98. The number of hydrogen-bond donors (Lipinski definition) is 0. The number of nitrogens with zero attached hydrogens (tertiary/aromatic N) is 1. The van der Waals surface area contributed by atoms with E-state index in [1.165, 1.54) is 0 Å². The van der Waals surface area contributed by atoms with E-state index in [1.807, 2.05) is 7.05 Å². The number of rotatable bonds is 4. The van der Waals surface area contributed by atoms with E-state index >= 15 is 0 Å². The molecule has 0 radical (unpaired) electrons. The van der Waals surface area contributed by atoms with E-state index in [4.69, 9.17) is 4.74 Å². The van der Waals surface area contributed by atoms with Gasteiger partial charge in [0, 0.05) is 6.42 Å². The van der Waals surface area contributed by atoms with E-state index in [1.54, 1.807) is 6.92 Å². The normalized spacial score (nSPS) is 20.9. The van der Waals surface area contributed by atoms with Crippen LogP contribution in [-0.4, -0.2) is 43.9 Å². The lowest BCUT2D eigenvalue weighted by Crippen LogP contribution is -2.44. The summed E-state index contributed by atoms with van der Waals surface area (Å²) >= 11 is 0. The lowest BCUT2D eigenvalue weighted by molar-refractivity contribution is -0.159. The van der Waals surface area contributed by atoms with Gasteiger partial charge in [-0.1, -0.05) is 0 Å². The summed E-state index contributed by atoms with van der Waals surface area (Å²) < 4.78 is 5.06. The Labute approximate surface area is 90.6 Å². The molecule has 0 aliphatic carbocycles. The van der Waals surface area contributed by atoms with Crippen molar-refractivity contribution in [2.45, 2.75) is 26.2 Å². The standard InChI is InChI=1S/C11H19NO3/c1-3-15-10(14)11(6-9-13)4-7-12(2)8-5-11/h9H,3-8H2,1-2H3. The molecule has 1 fully saturated rings. The Morgan fingerprint density at radius 1 is 1.47 bits per heavy atom. The molecule has 0 spiro atoms. The summed E-state index contributed by atoms with van der Waals surface area (Å²) in [5, 5.41) is 0. The van der Waals surface area contributed by atoms with Gasteiger partial charge >= 0.3 is 5.97 Å². The fourth-order valence-electron chi connectivity index (χ4n) is 1.98. The summed E-state index contributed by atoms with van der Waals surface area (Å²) in [6, 6.07) is 0. The molecule has 0 amide bonds. The highest BCUT2D eigenvalue weighted by atomic mass is 16.5. The molecule has 0 N–H and O–H groups in total. The Bertz CT molecular complexity index is 232. The minimum absolute atomic E-state index is 0.204. The van der Waals surface area contributed by atoms with Gasteiger partial charge in [-0.15, -0.1) is 0 Å². The summed E-state index contributed by atoms with van der Waals surface area (Å²) in [6.45, 7) is 3.88. The van der Waals surface area contributed by atoms with E-state index in [-0.39, 0.29) is 5.97 Å². The third-order valence-electron chi connectivity index (χ3n) is 3.13. The molecule has 4 heteroatoms. The molecular weight excluding hydrogens is 194 g/mol. The molecule has 15 heavy (non-hydrogen) atoms. The summed E-state index contributed by atoms with van der Waals surface area (Å²) in [4.78, 5) is 24.6. The average molecular weight is 213 g/mol. The van der Waals surface area contributed by atoms with Crippen molar-refractivity contribution < 1.29 is 14.3 Å². The second kappa shape index (κ2) is 5.26. The van der Waals surface area contributed by atoms with Crippen LogP contribution in [0.3, 0.4) is 0 Å². The SMILES string of the molecule is CCOC(=O)C1(CC=O)CCN(C)CC1. The molecule has 0 atom stereocenters. The van der Waals surface area contributed by atoms with Gasteiger partial charge in [0.2, 0.25) is 0 Å². The monoisotopic (exact) mass is 213 g/mol. The van der Waals surface area contributed by atoms with Crippen LogP contribution in [0.1, 0.15) is 26.2 Å². The molecule has 86 valence electrons. The maximum atomic E-state index is 11.8. The molecule has 0 aromatic heterocycles. The van der Waals surface area contributed by atoms with Gasteiger partial charge in [-0.25, -0.2) is 0 Å². The summed E-state index contributed by atoms with van der Waals surface area (Å²) in [5.41, 5.74) is -0.551. The number of carbonyl (C=O) groups excluding carboxylic acids is 2. The molecule has 0 unspecified atom stereocenters. The molecule has 0 saturated carbocycles. The first kappa shape index (κ1) is 12.2. The zero-order valence-electron chi connectivity index (χ0n) is 9.49. The second-order valence-corrected chi connectivity index (χ2v) is 4.17. The zero-order chi connectivity index (χ0) is 11.3. The molecule has 4 nitrogen and oxygen atoms in total. The van der Waals surface area contributed by atoms with Gasteiger partial charge in [-0.05, 0) is 39.9 Å². The molecule has 1 aliphatic heterocycles. The van der Waals surface area contributed by atoms with Crippen LogP contribution < -0.4 is 0 Å². The average Bonchev–Trinajstić information content (AvgIpc) is 2.22.